The Morgan fingerprint density at radius 3 is 2.48 bits per heavy atom. The van der Waals surface area contributed by atoms with Crippen LogP contribution in [0.25, 0.3) is 0 Å². The largest absolute Gasteiger partial charge is 0.489 e. The highest BCUT2D eigenvalue weighted by atomic mass is 16.5. The first-order chi connectivity index (χ1) is 14.9. The Hall–Kier alpha value is -3.28. The van der Waals surface area contributed by atoms with Crippen LogP contribution in [0, 0.1) is 5.92 Å². The number of amides is 2. The monoisotopic (exact) mass is 421 g/mol. The molecule has 2 N–H and O–H groups in total. The second-order valence-corrected chi connectivity index (χ2v) is 8.23. The van der Waals surface area contributed by atoms with Gasteiger partial charge in [0.15, 0.2) is 0 Å². The number of rotatable bonds is 8. The van der Waals surface area contributed by atoms with Crippen molar-refractivity contribution in [1.82, 2.24) is 4.90 Å². The average Bonchev–Trinajstić information content (AvgIpc) is 2.77. The summed E-state index contributed by atoms with van der Waals surface area (Å²) in [5.74, 6) is 1.29. The summed E-state index contributed by atoms with van der Waals surface area (Å²) in [6.45, 7) is 10.1. The van der Waals surface area contributed by atoms with E-state index in [1.54, 1.807) is 24.3 Å². The van der Waals surface area contributed by atoms with Crippen LogP contribution in [0.4, 0.5) is 11.4 Å². The molecular weight excluding hydrogens is 390 g/mol. The minimum Gasteiger partial charge on any atom is -0.489 e. The summed E-state index contributed by atoms with van der Waals surface area (Å²) in [4.78, 5) is 26.8. The summed E-state index contributed by atoms with van der Waals surface area (Å²) < 4.78 is 5.62. The van der Waals surface area contributed by atoms with E-state index < -0.39 is 0 Å². The predicted molar refractivity (Wildman–Crippen MR) is 125 cm³/mol. The van der Waals surface area contributed by atoms with Crippen LogP contribution in [-0.2, 0) is 4.79 Å². The van der Waals surface area contributed by atoms with Crippen LogP contribution < -0.4 is 15.4 Å². The van der Waals surface area contributed by atoms with Crippen LogP contribution in [0.3, 0.4) is 0 Å². The number of anilines is 2. The number of likely N-dealkylation sites (tertiary alicyclic amines) is 1. The molecule has 2 aromatic rings. The number of piperidine rings is 1. The third-order valence-corrected chi connectivity index (χ3v) is 5.26. The third-order valence-electron chi connectivity index (χ3n) is 5.26. The molecule has 0 bridgehead atoms. The lowest BCUT2D eigenvalue weighted by Crippen LogP contribution is -2.37. The molecule has 0 aliphatic carbocycles. The smallest absolute Gasteiger partial charge is 0.253 e. The van der Waals surface area contributed by atoms with Gasteiger partial charge in [-0.3, -0.25) is 9.59 Å². The highest BCUT2D eigenvalue weighted by Gasteiger charge is 2.21. The van der Waals surface area contributed by atoms with Gasteiger partial charge in [0.25, 0.3) is 5.91 Å². The first-order valence-corrected chi connectivity index (χ1v) is 10.7. The molecule has 164 valence electrons. The van der Waals surface area contributed by atoms with E-state index in [4.69, 9.17) is 4.74 Å². The van der Waals surface area contributed by atoms with Gasteiger partial charge in [-0.1, -0.05) is 19.6 Å². The molecule has 3 rings (SSSR count). The number of nitrogens with one attached hydrogen (secondary N) is 2. The summed E-state index contributed by atoms with van der Waals surface area (Å²) in [5.41, 5.74) is 3.05. The molecule has 1 saturated heterocycles. The lowest BCUT2D eigenvalue weighted by molar-refractivity contribution is -0.114. The predicted octanol–water partition coefficient (Wildman–Crippen LogP) is 4.56. The van der Waals surface area contributed by atoms with E-state index in [1.807, 2.05) is 36.1 Å². The lowest BCUT2D eigenvalue weighted by atomic mass is 9.98. The summed E-state index contributed by atoms with van der Waals surface area (Å²) in [7, 11) is 0. The number of hydrogen-bond donors (Lipinski definition) is 2. The van der Waals surface area contributed by atoms with Crippen molar-refractivity contribution in [2.45, 2.75) is 26.7 Å². The van der Waals surface area contributed by atoms with E-state index in [1.165, 1.54) is 0 Å². The molecule has 2 aromatic carbocycles. The fourth-order valence-electron chi connectivity index (χ4n) is 3.38. The highest BCUT2D eigenvalue weighted by molar-refractivity contribution is 5.96. The van der Waals surface area contributed by atoms with Gasteiger partial charge in [-0.15, -0.1) is 0 Å². The quantitative estimate of drug-likeness (QED) is 0.613. The topological polar surface area (TPSA) is 70.7 Å². The van der Waals surface area contributed by atoms with Crippen molar-refractivity contribution >= 4 is 23.2 Å². The fraction of sp³-hybridized carbons (Fsp3) is 0.360. The molecule has 1 heterocycles. The summed E-state index contributed by atoms with van der Waals surface area (Å²) >= 11 is 0. The van der Waals surface area contributed by atoms with E-state index in [2.05, 4.69) is 24.1 Å². The van der Waals surface area contributed by atoms with Gasteiger partial charge in [-0.2, -0.15) is 0 Å². The molecule has 6 nitrogen and oxygen atoms in total. The molecule has 31 heavy (non-hydrogen) atoms. The Bertz CT molecular complexity index is 916. The van der Waals surface area contributed by atoms with Crippen molar-refractivity contribution in [1.29, 1.82) is 0 Å². The number of ether oxygens (including phenoxy) is 1. The Labute approximate surface area is 184 Å². The van der Waals surface area contributed by atoms with Gasteiger partial charge in [-0.05, 0) is 67.7 Å². The van der Waals surface area contributed by atoms with Crippen molar-refractivity contribution in [3.05, 3.63) is 66.2 Å². The van der Waals surface area contributed by atoms with Crippen LogP contribution >= 0.6 is 0 Å². The Kier molecular flexibility index (Phi) is 7.70. The molecule has 6 heteroatoms. The van der Waals surface area contributed by atoms with Crippen molar-refractivity contribution in [2.75, 3.05) is 36.9 Å². The SMILES string of the molecule is C=C(C)COc1cccc(NCC(=O)Nc2ccc(C(=O)N3CCC(C)CC3)cc2)c1. The second kappa shape index (κ2) is 10.7. The highest BCUT2D eigenvalue weighted by Crippen LogP contribution is 2.20. The molecule has 0 unspecified atom stereocenters. The Morgan fingerprint density at radius 2 is 1.81 bits per heavy atom. The zero-order valence-electron chi connectivity index (χ0n) is 18.3. The van der Waals surface area contributed by atoms with Gasteiger partial charge in [0.05, 0.1) is 6.54 Å². The normalized spacial score (nSPS) is 14.1. The van der Waals surface area contributed by atoms with Crippen LogP contribution in [0.15, 0.2) is 60.7 Å². The summed E-state index contributed by atoms with van der Waals surface area (Å²) in [6, 6.07) is 14.5. The fourth-order valence-corrected chi connectivity index (χ4v) is 3.38. The van der Waals surface area contributed by atoms with E-state index in [-0.39, 0.29) is 18.4 Å². The molecule has 0 radical (unpaired) electrons. The van der Waals surface area contributed by atoms with E-state index in [0.717, 1.165) is 42.9 Å². The van der Waals surface area contributed by atoms with E-state index in [9.17, 15) is 9.59 Å². The third kappa shape index (κ3) is 6.88. The minimum absolute atomic E-state index is 0.0557. The van der Waals surface area contributed by atoms with Crippen LogP contribution in [0.1, 0.15) is 37.0 Å². The zero-order valence-corrected chi connectivity index (χ0v) is 18.3. The van der Waals surface area contributed by atoms with Gasteiger partial charge in [0.2, 0.25) is 5.91 Å². The second-order valence-electron chi connectivity index (χ2n) is 8.23. The lowest BCUT2D eigenvalue weighted by Gasteiger charge is -2.30. The molecule has 1 fully saturated rings. The maximum atomic E-state index is 12.6. The number of nitrogens with zero attached hydrogens (tertiary/aromatic N) is 1. The number of carbonyl (C=O) groups is 2. The van der Waals surface area contributed by atoms with Gasteiger partial charge < -0.3 is 20.3 Å². The standard InChI is InChI=1S/C25H31N3O3/c1-18(2)17-31-23-6-4-5-22(15-23)26-16-24(29)27-21-9-7-20(8-10-21)25(30)28-13-11-19(3)12-14-28/h4-10,15,19,26H,1,11-14,16-17H2,2-3H3,(H,27,29). The average molecular weight is 422 g/mol. The van der Waals surface area contributed by atoms with Crippen molar-refractivity contribution in [2.24, 2.45) is 5.92 Å². The van der Waals surface area contributed by atoms with Crippen LogP contribution in [0.2, 0.25) is 0 Å². The van der Waals surface area contributed by atoms with Crippen LogP contribution in [-0.4, -0.2) is 43.0 Å². The number of carbonyl (C=O) groups excluding carboxylic acids is 2. The number of benzene rings is 2. The van der Waals surface area contributed by atoms with E-state index in [0.29, 0.717) is 23.8 Å². The van der Waals surface area contributed by atoms with Crippen molar-refractivity contribution < 1.29 is 14.3 Å². The van der Waals surface area contributed by atoms with Crippen molar-refractivity contribution in [3.63, 3.8) is 0 Å². The van der Waals surface area contributed by atoms with Crippen LogP contribution in [0.5, 0.6) is 5.75 Å². The molecule has 0 aromatic heterocycles. The van der Waals surface area contributed by atoms with Gasteiger partial charge in [0, 0.05) is 36.1 Å². The summed E-state index contributed by atoms with van der Waals surface area (Å²) in [5, 5.41) is 5.94. The molecule has 1 aliphatic heterocycles. The molecule has 0 atom stereocenters. The van der Waals surface area contributed by atoms with Gasteiger partial charge in [0.1, 0.15) is 12.4 Å². The molecular formula is C25H31N3O3. The minimum atomic E-state index is -0.169. The zero-order chi connectivity index (χ0) is 22.2. The maximum absolute atomic E-state index is 12.6. The van der Waals surface area contributed by atoms with E-state index >= 15 is 0 Å². The first-order valence-electron chi connectivity index (χ1n) is 10.7. The summed E-state index contributed by atoms with van der Waals surface area (Å²) in [6.07, 6.45) is 2.10. The first kappa shape index (κ1) is 22.4. The Morgan fingerprint density at radius 1 is 1.10 bits per heavy atom. The van der Waals surface area contributed by atoms with Gasteiger partial charge in [-0.25, -0.2) is 0 Å². The maximum Gasteiger partial charge on any atom is 0.253 e. The molecule has 0 saturated carbocycles. The number of hydrogen-bond acceptors (Lipinski definition) is 4. The molecule has 0 spiro atoms. The molecule has 2 amide bonds. The van der Waals surface area contributed by atoms with Gasteiger partial charge >= 0.3 is 0 Å². The Balaban J connectivity index is 1.48. The molecule has 1 aliphatic rings. The van der Waals surface area contributed by atoms with Crippen molar-refractivity contribution in [3.8, 4) is 5.75 Å².